The van der Waals surface area contributed by atoms with Gasteiger partial charge in [-0.25, -0.2) is 0 Å². The Morgan fingerprint density at radius 1 is 1.26 bits per heavy atom. The molecule has 2 N–H and O–H groups in total. The molecule has 0 aliphatic heterocycles. The zero-order chi connectivity index (χ0) is 14.2. The molecule has 0 saturated heterocycles. The lowest BCUT2D eigenvalue weighted by Gasteiger charge is -2.12. The van der Waals surface area contributed by atoms with Crippen molar-refractivity contribution in [3.8, 4) is 17.0 Å². The second-order valence-electron chi connectivity index (χ2n) is 3.99. The van der Waals surface area contributed by atoms with Crippen LogP contribution in [-0.4, -0.2) is 16.9 Å². The number of hydrogen-bond acceptors (Lipinski definition) is 3. The second-order valence-corrected chi connectivity index (χ2v) is 3.99. The van der Waals surface area contributed by atoms with E-state index in [2.05, 4.69) is 5.10 Å². The molecule has 0 unspecified atom stereocenters. The van der Waals surface area contributed by atoms with Gasteiger partial charge in [0.1, 0.15) is 11.6 Å². The lowest BCUT2D eigenvalue weighted by Crippen LogP contribution is -2.07. The summed E-state index contributed by atoms with van der Waals surface area (Å²) in [5, 5.41) is 4.10. The van der Waals surface area contributed by atoms with Gasteiger partial charge in [0.05, 0.1) is 18.4 Å². The number of hydrogen-bond donors (Lipinski definition) is 1. The van der Waals surface area contributed by atoms with Gasteiger partial charge >= 0.3 is 6.18 Å². The maximum atomic E-state index is 12.7. The van der Waals surface area contributed by atoms with Gasteiger partial charge in [-0.1, -0.05) is 6.07 Å². The van der Waals surface area contributed by atoms with E-state index in [1.165, 1.54) is 23.9 Å². The van der Waals surface area contributed by atoms with Gasteiger partial charge in [0, 0.05) is 18.7 Å². The molecule has 0 saturated carbocycles. The lowest BCUT2D eigenvalue weighted by molar-refractivity contribution is -0.138. The van der Waals surface area contributed by atoms with Gasteiger partial charge in [0.2, 0.25) is 0 Å². The second kappa shape index (κ2) is 4.49. The van der Waals surface area contributed by atoms with Gasteiger partial charge in [0.15, 0.2) is 0 Å². The standard InChI is InChI=1S/C12H12F3N3O/c1-18-11(16)6-9(17-18)7-3-4-8(12(13,14)15)10(5-7)19-2/h3-6H,16H2,1-2H3. The molecule has 19 heavy (non-hydrogen) atoms. The van der Waals surface area contributed by atoms with Crippen LogP contribution in [0.5, 0.6) is 5.75 Å². The summed E-state index contributed by atoms with van der Waals surface area (Å²) in [6.07, 6.45) is -4.45. The van der Waals surface area contributed by atoms with Crippen molar-refractivity contribution in [2.75, 3.05) is 12.8 Å². The van der Waals surface area contributed by atoms with Crippen LogP contribution in [0.3, 0.4) is 0 Å². The number of aromatic nitrogens is 2. The van der Waals surface area contributed by atoms with Gasteiger partial charge in [0.25, 0.3) is 0 Å². The van der Waals surface area contributed by atoms with E-state index in [1.54, 1.807) is 13.1 Å². The maximum Gasteiger partial charge on any atom is 0.419 e. The summed E-state index contributed by atoms with van der Waals surface area (Å²) in [6, 6.07) is 5.19. The van der Waals surface area contributed by atoms with E-state index in [0.29, 0.717) is 17.1 Å². The number of nitrogens with zero attached hydrogens (tertiary/aromatic N) is 2. The van der Waals surface area contributed by atoms with Crippen LogP contribution in [0.4, 0.5) is 19.0 Å². The minimum atomic E-state index is -4.45. The van der Waals surface area contributed by atoms with Gasteiger partial charge in [-0.2, -0.15) is 18.3 Å². The zero-order valence-electron chi connectivity index (χ0n) is 10.3. The largest absolute Gasteiger partial charge is 0.496 e. The molecule has 0 fully saturated rings. The van der Waals surface area contributed by atoms with E-state index in [4.69, 9.17) is 10.5 Å². The Morgan fingerprint density at radius 2 is 1.95 bits per heavy atom. The quantitative estimate of drug-likeness (QED) is 0.913. The fraction of sp³-hybridized carbons (Fsp3) is 0.250. The summed E-state index contributed by atoms with van der Waals surface area (Å²) < 4.78 is 44.4. The number of nitrogen functional groups attached to an aromatic ring is 1. The Labute approximate surface area is 107 Å². The third-order valence-electron chi connectivity index (χ3n) is 2.72. The zero-order valence-corrected chi connectivity index (χ0v) is 10.3. The minimum absolute atomic E-state index is 0.241. The van der Waals surface area contributed by atoms with Crippen LogP contribution in [0.15, 0.2) is 24.3 Å². The van der Waals surface area contributed by atoms with E-state index in [1.807, 2.05) is 0 Å². The monoisotopic (exact) mass is 271 g/mol. The highest BCUT2D eigenvalue weighted by Gasteiger charge is 2.34. The fourth-order valence-electron chi connectivity index (χ4n) is 1.71. The summed E-state index contributed by atoms with van der Waals surface area (Å²) in [5.41, 5.74) is 5.82. The molecule has 0 aliphatic rings. The molecule has 1 aromatic heterocycles. The molecule has 0 atom stereocenters. The van der Waals surface area contributed by atoms with Crippen molar-refractivity contribution in [1.29, 1.82) is 0 Å². The molecule has 2 rings (SSSR count). The van der Waals surface area contributed by atoms with Crippen molar-refractivity contribution in [2.45, 2.75) is 6.18 Å². The summed E-state index contributed by atoms with van der Waals surface area (Å²) >= 11 is 0. The van der Waals surface area contributed by atoms with Crippen LogP contribution in [0.1, 0.15) is 5.56 Å². The molecule has 102 valence electrons. The van der Waals surface area contributed by atoms with E-state index in [0.717, 1.165) is 6.07 Å². The molecule has 1 heterocycles. The third kappa shape index (κ3) is 2.49. The predicted octanol–water partition coefficient (Wildman–Crippen LogP) is 2.70. The van der Waals surface area contributed by atoms with Gasteiger partial charge in [-0.05, 0) is 12.1 Å². The third-order valence-corrected chi connectivity index (χ3v) is 2.72. The maximum absolute atomic E-state index is 12.7. The highest BCUT2D eigenvalue weighted by Crippen LogP contribution is 2.38. The van der Waals surface area contributed by atoms with Gasteiger partial charge in [-0.3, -0.25) is 4.68 Å². The van der Waals surface area contributed by atoms with Crippen molar-refractivity contribution in [3.63, 3.8) is 0 Å². The number of anilines is 1. The Hall–Kier alpha value is -2.18. The molecule has 4 nitrogen and oxygen atoms in total. The number of alkyl halides is 3. The van der Waals surface area contributed by atoms with Crippen molar-refractivity contribution < 1.29 is 17.9 Å². The summed E-state index contributed by atoms with van der Waals surface area (Å²) in [4.78, 5) is 0. The molecule has 2 aromatic rings. The van der Waals surface area contributed by atoms with E-state index < -0.39 is 11.7 Å². The van der Waals surface area contributed by atoms with Crippen LogP contribution >= 0.6 is 0 Å². The molecule has 0 radical (unpaired) electrons. The average molecular weight is 271 g/mol. The Balaban J connectivity index is 2.50. The lowest BCUT2D eigenvalue weighted by atomic mass is 10.1. The first-order valence-electron chi connectivity index (χ1n) is 5.38. The van der Waals surface area contributed by atoms with Crippen LogP contribution < -0.4 is 10.5 Å². The number of nitrogens with two attached hydrogens (primary N) is 1. The Kier molecular flexibility index (Phi) is 3.13. The van der Waals surface area contributed by atoms with E-state index in [-0.39, 0.29) is 5.75 Å². The predicted molar refractivity (Wildman–Crippen MR) is 64.6 cm³/mol. The highest BCUT2D eigenvalue weighted by atomic mass is 19.4. The average Bonchev–Trinajstić information content (AvgIpc) is 2.67. The first-order valence-corrected chi connectivity index (χ1v) is 5.38. The SMILES string of the molecule is COc1cc(-c2cc(N)n(C)n2)ccc1C(F)(F)F. The van der Waals surface area contributed by atoms with Crippen molar-refractivity contribution in [2.24, 2.45) is 7.05 Å². The first kappa shape index (κ1) is 13.3. The molecule has 0 aliphatic carbocycles. The van der Waals surface area contributed by atoms with E-state index >= 15 is 0 Å². The Morgan fingerprint density at radius 3 is 2.42 bits per heavy atom. The van der Waals surface area contributed by atoms with Gasteiger partial charge in [-0.15, -0.1) is 0 Å². The Bertz CT molecular complexity index is 585. The molecule has 0 spiro atoms. The van der Waals surface area contributed by atoms with Crippen molar-refractivity contribution >= 4 is 5.82 Å². The number of ether oxygens (including phenoxy) is 1. The number of halogens is 3. The van der Waals surface area contributed by atoms with Gasteiger partial charge < -0.3 is 10.5 Å². The van der Waals surface area contributed by atoms with Crippen LogP contribution in [-0.2, 0) is 13.2 Å². The number of methoxy groups -OCH3 is 1. The molecule has 0 amide bonds. The summed E-state index contributed by atoms with van der Waals surface area (Å²) in [5.74, 6) is 0.183. The van der Waals surface area contributed by atoms with Crippen LogP contribution in [0, 0.1) is 0 Å². The smallest absolute Gasteiger partial charge is 0.419 e. The van der Waals surface area contributed by atoms with Crippen molar-refractivity contribution in [3.05, 3.63) is 29.8 Å². The molecule has 0 bridgehead atoms. The topological polar surface area (TPSA) is 53.1 Å². The van der Waals surface area contributed by atoms with E-state index in [9.17, 15) is 13.2 Å². The van der Waals surface area contributed by atoms with Crippen LogP contribution in [0.2, 0.25) is 0 Å². The molecule has 1 aromatic carbocycles. The summed E-state index contributed by atoms with van der Waals surface area (Å²) in [6.45, 7) is 0. The number of benzene rings is 1. The number of aryl methyl sites for hydroxylation is 1. The fourth-order valence-corrected chi connectivity index (χ4v) is 1.71. The summed E-state index contributed by atoms with van der Waals surface area (Å²) in [7, 11) is 2.85. The minimum Gasteiger partial charge on any atom is -0.496 e. The highest BCUT2D eigenvalue weighted by molar-refractivity contribution is 5.65. The molecule has 7 heteroatoms. The van der Waals surface area contributed by atoms with Crippen molar-refractivity contribution in [1.82, 2.24) is 9.78 Å². The molecular weight excluding hydrogens is 259 g/mol. The molecular formula is C12H12F3N3O. The number of rotatable bonds is 2. The normalized spacial score (nSPS) is 11.6. The first-order chi connectivity index (χ1) is 8.82. The van der Waals surface area contributed by atoms with Crippen LogP contribution in [0.25, 0.3) is 11.3 Å².